The number of carbonyl (C=O) groups is 1. The minimum atomic E-state index is 0.0545. The van der Waals surface area contributed by atoms with Crippen LogP contribution in [-0.4, -0.2) is 12.4 Å². The van der Waals surface area contributed by atoms with Crippen molar-refractivity contribution in [2.45, 2.75) is 26.7 Å². The standard InChI is InChI=1S/C18H17ClO2/c1-11-3-4-13(7-12(11)2)8-17(20)16-10-15(19)9-14-5-6-21-18(14)16/h3-4,7,9-10H,5-6,8H2,1-2H3. The van der Waals surface area contributed by atoms with Gasteiger partial charge in [-0.2, -0.15) is 0 Å². The van der Waals surface area contributed by atoms with Crippen LogP contribution < -0.4 is 4.74 Å². The Kier molecular flexibility index (Phi) is 3.73. The van der Waals surface area contributed by atoms with Crippen LogP contribution in [0.1, 0.15) is 32.6 Å². The number of hydrogen-bond acceptors (Lipinski definition) is 2. The van der Waals surface area contributed by atoms with Crippen molar-refractivity contribution in [2.24, 2.45) is 0 Å². The van der Waals surface area contributed by atoms with Gasteiger partial charge < -0.3 is 4.74 Å². The lowest BCUT2D eigenvalue weighted by Gasteiger charge is -2.09. The highest BCUT2D eigenvalue weighted by molar-refractivity contribution is 6.31. The van der Waals surface area contributed by atoms with Crippen molar-refractivity contribution in [1.82, 2.24) is 0 Å². The molecule has 0 radical (unpaired) electrons. The summed E-state index contributed by atoms with van der Waals surface area (Å²) in [5.41, 5.74) is 5.10. The molecule has 0 saturated heterocycles. The van der Waals surface area contributed by atoms with Gasteiger partial charge in [-0.05, 0) is 48.2 Å². The van der Waals surface area contributed by atoms with E-state index in [-0.39, 0.29) is 5.78 Å². The largest absolute Gasteiger partial charge is 0.492 e. The van der Waals surface area contributed by atoms with Crippen LogP contribution in [0.25, 0.3) is 0 Å². The summed E-state index contributed by atoms with van der Waals surface area (Å²) in [7, 11) is 0. The first-order valence-corrected chi connectivity index (χ1v) is 7.47. The molecule has 0 aliphatic carbocycles. The molecule has 0 amide bonds. The SMILES string of the molecule is Cc1ccc(CC(=O)c2cc(Cl)cc3c2OCC3)cc1C. The van der Waals surface area contributed by atoms with Gasteiger partial charge in [-0.1, -0.05) is 29.8 Å². The normalized spacial score (nSPS) is 12.9. The summed E-state index contributed by atoms with van der Waals surface area (Å²) in [6.07, 6.45) is 1.19. The van der Waals surface area contributed by atoms with Gasteiger partial charge in [-0.25, -0.2) is 0 Å². The van der Waals surface area contributed by atoms with E-state index >= 15 is 0 Å². The monoisotopic (exact) mass is 300 g/mol. The maximum Gasteiger partial charge on any atom is 0.171 e. The van der Waals surface area contributed by atoms with Gasteiger partial charge in [0, 0.05) is 17.9 Å². The summed E-state index contributed by atoms with van der Waals surface area (Å²) in [6, 6.07) is 9.73. The molecule has 108 valence electrons. The van der Waals surface area contributed by atoms with Crippen molar-refractivity contribution in [3.63, 3.8) is 0 Å². The summed E-state index contributed by atoms with van der Waals surface area (Å²) in [5.74, 6) is 0.770. The van der Waals surface area contributed by atoms with Crippen LogP contribution in [0, 0.1) is 13.8 Å². The molecule has 0 unspecified atom stereocenters. The first kappa shape index (κ1) is 14.2. The Balaban J connectivity index is 1.91. The average Bonchev–Trinajstić information content (AvgIpc) is 2.90. The molecule has 2 aromatic rings. The van der Waals surface area contributed by atoms with Crippen LogP contribution in [0.15, 0.2) is 30.3 Å². The van der Waals surface area contributed by atoms with Gasteiger partial charge in [-0.15, -0.1) is 0 Å². The molecular weight excluding hydrogens is 284 g/mol. The van der Waals surface area contributed by atoms with E-state index < -0.39 is 0 Å². The van der Waals surface area contributed by atoms with E-state index in [0.29, 0.717) is 29.4 Å². The fraction of sp³-hybridized carbons (Fsp3) is 0.278. The second kappa shape index (κ2) is 5.53. The van der Waals surface area contributed by atoms with Gasteiger partial charge in [0.05, 0.1) is 12.2 Å². The zero-order valence-electron chi connectivity index (χ0n) is 12.2. The minimum Gasteiger partial charge on any atom is -0.492 e. The van der Waals surface area contributed by atoms with Crippen molar-refractivity contribution in [3.05, 3.63) is 63.2 Å². The highest BCUT2D eigenvalue weighted by atomic mass is 35.5. The molecule has 0 aromatic heterocycles. The van der Waals surface area contributed by atoms with E-state index in [1.807, 2.05) is 12.1 Å². The van der Waals surface area contributed by atoms with Crippen LogP contribution in [0.4, 0.5) is 0 Å². The van der Waals surface area contributed by atoms with E-state index in [2.05, 4.69) is 26.0 Å². The predicted molar refractivity (Wildman–Crippen MR) is 84.6 cm³/mol. The van der Waals surface area contributed by atoms with Crippen molar-refractivity contribution >= 4 is 17.4 Å². The number of benzene rings is 2. The number of rotatable bonds is 3. The number of carbonyl (C=O) groups excluding carboxylic acids is 1. The van der Waals surface area contributed by atoms with E-state index in [0.717, 1.165) is 17.5 Å². The third-order valence-electron chi connectivity index (χ3n) is 3.98. The highest BCUT2D eigenvalue weighted by Gasteiger charge is 2.22. The molecule has 1 heterocycles. The van der Waals surface area contributed by atoms with Crippen LogP contribution >= 0.6 is 11.6 Å². The Labute approximate surface area is 129 Å². The number of ketones is 1. The summed E-state index contributed by atoms with van der Waals surface area (Å²) in [6.45, 7) is 4.75. The smallest absolute Gasteiger partial charge is 0.171 e. The van der Waals surface area contributed by atoms with Crippen LogP contribution in [-0.2, 0) is 12.8 Å². The fourth-order valence-corrected chi connectivity index (χ4v) is 2.91. The maximum atomic E-state index is 12.6. The molecule has 1 aliphatic rings. The van der Waals surface area contributed by atoms with Crippen molar-refractivity contribution in [2.75, 3.05) is 6.61 Å². The predicted octanol–water partition coefficient (Wildman–Crippen LogP) is 4.32. The second-order valence-corrected chi connectivity index (χ2v) is 6.00. The van der Waals surface area contributed by atoms with E-state index in [1.165, 1.54) is 11.1 Å². The van der Waals surface area contributed by atoms with Gasteiger partial charge >= 0.3 is 0 Å². The molecule has 0 atom stereocenters. The molecule has 0 fully saturated rings. The quantitative estimate of drug-likeness (QED) is 0.789. The molecule has 1 aliphatic heterocycles. The van der Waals surface area contributed by atoms with Crippen LogP contribution in [0.5, 0.6) is 5.75 Å². The summed E-state index contributed by atoms with van der Waals surface area (Å²) < 4.78 is 5.61. The lowest BCUT2D eigenvalue weighted by molar-refractivity contribution is 0.0990. The molecule has 2 aromatic carbocycles. The highest BCUT2D eigenvalue weighted by Crippen LogP contribution is 2.33. The molecule has 0 N–H and O–H groups in total. The first-order chi connectivity index (χ1) is 10.0. The van der Waals surface area contributed by atoms with Gasteiger partial charge in [-0.3, -0.25) is 4.79 Å². The minimum absolute atomic E-state index is 0.0545. The van der Waals surface area contributed by atoms with E-state index in [4.69, 9.17) is 16.3 Å². The second-order valence-electron chi connectivity index (χ2n) is 5.56. The number of fused-ring (bicyclic) bond motifs is 1. The zero-order valence-corrected chi connectivity index (χ0v) is 13.0. The van der Waals surface area contributed by atoms with Crippen LogP contribution in [0.3, 0.4) is 0 Å². The molecule has 3 rings (SSSR count). The average molecular weight is 301 g/mol. The number of ether oxygens (including phenoxy) is 1. The van der Waals surface area contributed by atoms with E-state index in [1.54, 1.807) is 6.07 Å². The van der Waals surface area contributed by atoms with Gasteiger partial charge in [0.15, 0.2) is 5.78 Å². The molecule has 0 spiro atoms. The lowest BCUT2D eigenvalue weighted by Crippen LogP contribution is -2.06. The molecular formula is C18H17ClO2. The zero-order chi connectivity index (χ0) is 15.0. The Morgan fingerprint density at radius 3 is 2.76 bits per heavy atom. The maximum absolute atomic E-state index is 12.6. The van der Waals surface area contributed by atoms with Gasteiger partial charge in [0.25, 0.3) is 0 Å². The van der Waals surface area contributed by atoms with Crippen LogP contribution in [0.2, 0.25) is 5.02 Å². The fourth-order valence-electron chi connectivity index (χ4n) is 2.67. The van der Waals surface area contributed by atoms with Crippen molar-refractivity contribution in [1.29, 1.82) is 0 Å². The first-order valence-electron chi connectivity index (χ1n) is 7.09. The van der Waals surface area contributed by atoms with Crippen molar-refractivity contribution < 1.29 is 9.53 Å². The Hall–Kier alpha value is -1.80. The Morgan fingerprint density at radius 2 is 2.00 bits per heavy atom. The lowest BCUT2D eigenvalue weighted by atomic mass is 9.98. The van der Waals surface area contributed by atoms with Crippen molar-refractivity contribution in [3.8, 4) is 5.75 Å². The molecule has 3 heteroatoms. The summed E-state index contributed by atoms with van der Waals surface area (Å²) in [4.78, 5) is 12.6. The Morgan fingerprint density at radius 1 is 1.19 bits per heavy atom. The molecule has 21 heavy (non-hydrogen) atoms. The summed E-state index contributed by atoms with van der Waals surface area (Å²) in [5, 5.41) is 0.600. The van der Waals surface area contributed by atoms with E-state index in [9.17, 15) is 4.79 Å². The number of halogens is 1. The number of Topliss-reactive ketones (excluding diaryl/α,β-unsaturated/α-hetero) is 1. The topological polar surface area (TPSA) is 26.3 Å². The third-order valence-corrected chi connectivity index (χ3v) is 4.20. The third kappa shape index (κ3) is 2.81. The molecule has 2 nitrogen and oxygen atoms in total. The van der Waals surface area contributed by atoms with Gasteiger partial charge in [0.2, 0.25) is 0 Å². The number of hydrogen-bond donors (Lipinski definition) is 0. The number of aryl methyl sites for hydroxylation is 2. The van der Waals surface area contributed by atoms with Gasteiger partial charge in [0.1, 0.15) is 5.75 Å². The Bertz CT molecular complexity index is 719. The molecule has 0 bridgehead atoms. The summed E-state index contributed by atoms with van der Waals surface area (Å²) >= 11 is 6.11. The molecule has 0 saturated carbocycles.